The standard InChI is InChI=1S/C23H22O5S.Na/c1-13-11-20(24)15(3)9-18(13)23(19-10-16(4)21(25)12-14(19)2)17-7-5-6-8-22(17)29(26,27)28-23;/h5-12,24-25H,1-4H3;/q;+1/p-1. The molecule has 5 nitrogen and oxygen atoms in total. The summed E-state index contributed by atoms with van der Waals surface area (Å²) >= 11 is 0. The number of aryl methyl sites for hydroxylation is 4. The molecule has 1 aliphatic heterocycles. The number of fused-ring (bicyclic) bond motifs is 1. The van der Waals surface area contributed by atoms with Crippen molar-refractivity contribution >= 4 is 10.1 Å². The first kappa shape index (κ1) is 22.8. The van der Waals surface area contributed by atoms with Gasteiger partial charge in [-0.25, -0.2) is 4.18 Å². The van der Waals surface area contributed by atoms with E-state index >= 15 is 0 Å². The Hall–Kier alpha value is -1.83. The second kappa shape index (κ2) is 7.70. The third kappa shape index (κ3) is 3.27. The second-order valence-electron chi connectivity index (χ2n) is 7.60. The molecule has 1 N–H and O–H groups in total. The molecule has 1 aliphatic rings. The van der Waals surface area contributed by atoms with Crippen LogP contribution in [0.3, 0.4) is 0 Å². The van der Waals surface area contributed by atoms with E-state index in [1.54, 1.807) is 64.1 Å². The van der Waals surface area contributed by atoms with Crippen LogP contribution in [-0.2, 0) is 19.9 Å². The van der Waals surface area contributed by atoms with Gasteiger partial charge in [-0.3, -0.25) is 0 Å². The van der Waals surface area contributed by atoms with Crippen molar-refractivity contribution in [2.45, 2.75) is 38.2 Å². The molecule has 0 fully saturated rings. The first-order valence-electron chi connectivity index (χ1n) is 9.22. The van der Waals surface area contributed by atoms with Crippen molar-refractivity contribution in [3.05, 3.63) is 87.5 Å². The van der Waals surface area contributed by atoms with Gasteiger partial charge in [0.15, 0.2) is 5.60 Å². The fourth-order valence-electron chi connectivity index (χ4n) is 4.10. The summed E-state index contributed by atoms with van der Waals surface area (Å²) in [5.41, 5.74) is 2.68. The molecule has 0 saturated heterocycles. The van der Waals surface area contributed by atoms with Crippen LogP contribution in [0.15, 0.2) is 53.4 Å². The van der Waals surface area contributed by atoms with Crippen LogP contribution in [-0.4, -0.2) is 13.5 Å². The number of rotatable bonds is 2. The van der Waals surface area contributed by atoms with Crippen LogP contribution in [0.2, 0.25) is 0 Å². The molecule has 30 heavy (non-hydrogen) atoms. The average Bonchev–Trinajstić information content (AvgIpc) is 2.90. The smallest absolute Gasteiger partial charge is 0.872 e. The molecule has 1 atom stereocenters. The maximum atomic E-state index is 13.0. The van der Waals surface area contributed by atoms with E-state index in [1.807, 2.05) is 0 Å². The molecule has 1 unspecified atom stereocenters. The van der Waals surface area contributed by atoms with Gasteiger partial charge in [-0.2, -0.15) is 8.42 Å². The van der Waals surface area contributed by atoms with E-state index < -0.39 is 15.7 Å². The minimum atomic E-state index is -4.03. The summed E-state index contributed by atoms with van der Waals surface area (Å²) < 4.78 is 31.9. The number of phenolic OH excluding ortho intramolecular Hbond substituents is 1. The van der Waals surface area contributed by atoms with Crippen molar-refractivity contribution < 1.29 is 52.4 Å². The van der Waals surface area contributed by atoms with E-state index in [1.165, 1.54) is 12.1 Å². The second-order valence-corrected chi connectivity index (χ2v) is 9.12. The zero-order valence-corrected chi connectivity index (χ0v) is 20.4. The molecule has 0 saturated carbocycles. The van der Waals surface area contributed by atoms with Gasteiger partial charge in [0.25, 0.3) is 10.1 Å². The molecule has 0 amide bonds. The Bertz CT molecular complexity index is 1210. The SMILES string of the molecule is Cc1cc(C2(c3cc(C)c(O)cc3C)OS(=O)(=O)c3ccccc32)c(C)cc1[O-].[Na+]. The van der Waals surface area contributed by atoms with Gasteiger partial charge in [0.05, 0.1) is 0 Å². The van der Waals surface area contributed by atoms with E-state index in [2.05, 4.69) is 0 Å². The van der Waals surface area contributed by atoms with Crippen molar-refractivity contribution in [3.8, 4) is 11.5 Å². The number of phenols is 1. The van der Waals surface area contributed by atoms with Gasteiger partial charge >= 0.3 is 29.6 Å². The molecule has 0 bridgehead atoms. The summed E-state index contributed by atoms with van der Waals surface area (Å²) in [5, 5.41) is 22.3. The van der Waals surface area contributed by atoms with Gasteiger partial charge in [-0.15, -0.1) is 5.75 Å². The van der Waals surface area contributed by atoms with Crippen LogP contribution in [0, 0.1) is 27.7 Å². The first-order valence-corrected chi connectivity index (χ1v) is 10.6. The molecular weight excluding hydrogens is 411 g/mol. The zero-order valence-electron chi connectivity index (χ0n) is 17.6. The molecule has 4 rings (SSSR count). The predicted molar refractivity (Wildman–Crippen MR) is 108 cm³/mol. The van der Waals surface area contributed by atoms with Crippen LogP contribution in [0.25, 0.3) is 0 Å². The number of hydrogen-bond donors (Lipinski definition) is 1. The Kier molecular flexibility index (Phi) is 5.86. The van der Waals surface area contributed by atoms with Crippen LogP contribution in [0.5, 0.6) is 11.5 Å². The van der Waals surface area contributed by atoms with E-state index in [0.717, 1.165) is 0 Å². The number of hydrogen-bond acceptors (Lipinski definition) is 5. The Labute approximate surface area is 198 Å². The fraction of sp³-hybridized carbons (Fsp3) is 0.217. The van der Waals surface area contributed by atoms with E-state index in [9.17, 15) is 18.6 Å². The van der Waals surface area contributed by atoms with E-state index in [-0.39, 0.29) is 46.0 Å². The summed E-state index contributed by atoms with van der Waals surface area (Å²) in [6.07, 6.45) is 0. The van der Waals surface area contributed by atoms with Crippen LogP contribution in [0.4, 0.5) is 0 Å². The Morgan fingerprint density at radius 2 is 1.40 bits per heavy atom. The largest absolute Gasteiger partial charge is 1.00 e. The van der Waals surface area contributed by atoms with Gasteiger partial charge in [0, 0.05) is 5.56 Å². The van der Waals surface area contributed by atoms with Crippen molar-refractivity contribution in [2.24, 2.45) is 0 Å². The van der Waals surface area contributed by atoms with Crippen molar-refractivity contribution in [1.29, 1.82) is 0 Å². The quantitative estimate of drug-likeness (QED) is 0.476. The van der Waals surface area contributed by atoms with Gasteiger partial charge in [0.1, 0.15) is 10.6 Å². The van der Waals surface area contributed by atoms with Gasteiger partial charge in [-0.1, -0.05) is 35.9 Å². The molecule has 3 aromatic carbocycles. The molecule has 0 aliphatic carbocycles. The van der Waals surface area contributed by atoms with Crippen LogP contribution >= 0.6 is 0 Å². The fourth-order valence-corrected chi connectivity index (χ4v) is 5.52. The third-order valence-corrected chi connectivity index (χ3v) is 6.96. The van der Waals surface area contributed by atoms with Gasteiger partial charge in [0.2, 0.25) is 0 Å². The average molecular weight is 432 g/mol. The Balaban J connectivity index is 0.00000256. The molecule has 3 aromatic rings. The van der Waals surface area contributed by atoms with Crippen LogP contribution < -0.4 is 34.7 Å². The van der Waals surface area contributed by atoms with Gasteiger partial charge in [-0.05, 0) is 73.7 Å². The van der Waals surface area contributed by atoms with Crippen molar-refractivity contribution in [3.63, 3.8) is 0 Å². The van der Waals surface area contributed by atoms with E-state index in [4.69, 9.17) is 4.18 Å². The number of aromatic hydroxyl groups is 1. The summed E-state index contributed by atoms with van der Waals surface area (Å²) in [6.45, 7) is 7.03. The minimum absolute atomic E-state index is 0. The Morgan fingerprint density at radius 1 is 0.833 bits per heavy atom. The number of benzene rings is 3. The molecule has 0 spiro atoms. The molecule has 7 heteroatoms. The third-order valence-electron chi connectivity index (χ3n) is 5.59. The summed E-state index contributed by atoms with van der Waals surface area (Å²) in [5.74, 6) is 0.00694. The zero-order chi connectivity index (χ0) is 21.1. The Morgan fingerprint density at radius 3 is 2.07 bits per heavy atom. The predicted octanol–water partition coefficient (Wildman–Crippen LogP) is 0.714. The van der Waals surface area contributed by atoms with Crippen molar-refractivity contribution in [2.75, 3.05) is 0 Å². The summed E-state index contributed by atoms with van der Waals surface area (Å²) in [7, 11) is -4.03. The van der Waals surface area contributed by atoms with Crippen LogP contribution in [0.1, 0.15) is 38.9 Å². The van der Waals surface area contributed by atoms with E-state index in [0.29, 0.717) is 38.9 Å². The minimum Gasteiger partial charge on any atom is -0.872 e. The maximum absolute atomic E-state index is 13.0. The molecule has 0 radical (unpaired) electrons. The normalized spacial score (nSPS) is 19.2. The summed E-state index contributed by atoms with van der Waals surface area (Å²) in [6, 6.07) is 13.3. The first-order chi connectivity index (χ1) is 13.6. The maximum Gasteiger partial charge on any atom is 1.00 e. The molecule has 150 valence electrons. The molecule has 1 heterocycles. The molecule has 0 aromatic heterocycles. The van der Waals surface area contributed by atoms with Crippen molar-refractivity contribution in [1.82, 2.24) is 0 Å². The topological polar surface area (TPSA) is 86.7 Å². The molecular formula is C23H21NaO5S. The summed E-state index contributed by atoms with van der Waals surface area (Å²) in [4.78, 5) is 0.105. The monoisotopic (exact) mass is 432 g/mol. The van der Waals surface area contributed by atoms with Gasteiger partial charge < -0.3 is 10.2 Å².